The molecule has 2 aliphatic rings. The second kappa shape index (κ2) is 5.41. The molecule has 3 atom stereocenters. The molecule has 0 amide bonds. The van der Waals surface area contributed by atoms with Gasteiger partial charge < -0.3 is 15.2 Å². The van der Waals surface area contributed by atoms with E-state index in [4.69, 9.17) is 4.74 Å². The maximum absolute atomic E-state index is 9.45. The normalized spacial score (nSPS) is 29.8. The second-order valence-electron chi connectivity index (χ2n) is 6.13. The molecule has 2 N–H and O–H groups in total. The first-order chi connectivity index (χ1) is 9.22. The van der Waals surface area contributed by atoms with Gasteiger partial charge in [-0.3, -0.25) is 0 Å². The highest BCUT2D eigenvalue weighted by Crippen LogP contribution is 2.35. The smallest absolute Gasteiger partial charge is 0.127 e. The van der Waals surface area contributed by atoms with E-state index >= 15 is 0 Å². The van der Waals surface area contributed by atoms with E-state index in [1.807, 2.05) is 6.07 Å². The third-order valence-electron chi connectivity index (χ3n) is 4.48. The van der Waals surface area contributed by atoms with E-state index in [2.05, 4.69) is 12.2 Å². The Morgan fingerprint density at radius 2 is 2.26 bits per heavy atom. The first-order valence-corrected chi connectivity index (χ1v) is 7.41. The van der Waals surface area contributed by atoms with Crippen LogP contribution in [0.5, 0.6) is 11.5 Å². The minimum atomic E-state index is 0.278. The molecule has 1 fully saturated rings. The average molecular weight is 261 g/mol. The zero-order valence-corrected chi connectivity index (χ0v) is 11.6. The Labute approximate surface area is 115 Å². The maximum Gasteiger partial charge on any atom is 0.127 e. The van der Waals surface area contributed by atoms with Crippen molar-refractivity contribution in [2.75, 3.05) is 13.2 Å². The van der Waals surface area contributed by atoms with Crippen LogP contribution in [0.2, 0.25) is 0 Å². The Morgan fingerprint density at radius 1 is 1.37 bits per heavy atom. The van der Waals surface area contributed by atoms with Crippen LogP contribution in [0.25, 0.3) is 0 Å². The molecule has 3 nitrogen and oxygen atoms in total. The van der Waals surface area contributed by atoms with E-state index in [0.717, 1.165) is 24.1 Å². The molecule has 1 heterocycles. The van der Waals surface area contributed by atoms with E-state index in [0.29, 0.717) is 6.61 Å². The highest BCUT2D eigenvalue weighted by molar-refractivity contribution is 5.44. The topological polar surface area (TPSA) is 41.5 Å². The van der Waals surface area contributed by atoms with Gasteiger partial charge in [0.15, 0.2) is 0 Å². The number of benzene rings is 1. The molecule has 0 aromatic heterocycles. The largest absolute Gasteiger partial charge is 0.508 e. The molecule has 1 aromatic rings. The number of rotatable bonds is 3. The van der Waals surface area contributed by atoms with Crippen molar-refractivity contribution in [3.8, 4) is 11.5 Å². The van der Waals surface area contributed by atoms with Crippen LogP contribution in [-0.4, -0.2) is 18.3 Å². The summed E-state index contributed by atoms with van der Waals surface area (Å²) in [5.74, 6) is 2.80. The first-order valence-electron chi connectivity index (χ1n) is 7.41. The predicted molar refractivity (Wildman–Crippen MR) is 75.5 cm³/mol. The Hall–Kier alpha value is -1.22. The van der Waals surface area contributed by atoms with Crippen molar-refractivity contribution in [3.05, 3.63) is 23.8 Å². The van der Waals surface area contributed by atoms with E-state index < -0.39 is 0 Å². The fourth-order valence-corrected chi connectivity index (χ4v) is 3.42. The summed E-state index contributed by atoms with van der Waals surface area (Å²) < 4.78 is 5.63. The van der Waals surface area contributed by atoms with Gasteiger partial charge in [0, 0.05) is 11.6 Å². The number of phenolic OH excluding ortho intramolecular Hbond substituents is 1. The van der Waals surface area contributed by atoms with E-state index in [1.54, 1.807) is 12.1 Å². The van der Waals surface area contributed by atoms with Gasteiger partial charge in [-0.15, -0.1) is 0 Å². The Morgan fingerprint density at radius 3 is 3.11 bits per heavy atom. The van der Waals surface area contributed by atoms with Crippen molar-refractivity contribution in [1.29, 1.82) is 0 Å². The molecule has 1 saturated carbocycles. The van der Waals surface area contributed by atoms with Gasteiger partial charge in [-0.25, -0.2) is 0 Å². The quantitative estimate of drug-likeness (QED) is 0.877. The van der Waals surface area contributed by atoms with Gasteiger partial charge in [-0.05, 0) is 43.4 Å². The van der Waals surface area contributed by atoms with E-state index in [9.17, 15) is 5.11 Å². The number of hydrogen-bond donors (Lipinski definition) is 2. The number of ether oxygens (including phenoxy) is 1. The van der Waals surface area contributed by atoms with Crippen molar-refractivity contribution in [2.45, 2.75) is 38.6 Å². The molecule has 1 aromatic carbocycles. The van der Waals surface area contributed by atoms with E-state index in [-0.39, 0.29) is 11.8 Å². The monoisotopic (exact) mass is 261 g/mol. The molecule has 3 rings (SSSR count). The number of fused-ring (bicyclic) bond motifs is 1. The van der Waals surface area contributed by atoms with Crippen LogP contribution in [0, 0.1) is 11.8 Å². The summed E-state index contributed by atoms with van der Waals surface area (Å²) in [6.45, 7) is 4.13. The van der Waals surface area contributed by atoms with Crippen LogP contribution in [0.3, 0.4) is 0 Å². The van der Waals surface area contributed by atoms with Gasteiger partial charge in [0.2, 0.25) is 0 Å². The zero-order valence-electron chi connectivity index (χ0n) is 11.6. The summed E-state index contributed by atoms with van der Waals surface area (Å²) in [4.78, 5) is 0. The fourth-order valence-electron chi connectivity index (χ4n) is 3.42. The number of phenols is 1. The van der Waals surface area contributed by atoms with Gasteiger partial charge in [0.05, 0.1) is 6.04 Å². The highest BCUT2D eigenvalue weighted by Gasteiger charge is 2.26. The van der Waals surface area contributed by atoms with Crippen molar-refractivity contribution in [1.82, 2.24) is 5.32 Å². The van der Waals surface area contributed by atoms with Crippen LogP contribution in [-0.2, 0) is 0 Å². The third-order valence-corrected chi connectivity index (χ3v) is 4.48. The molecule has 1 aliphatic carbocycles. The summed E-state index contributed by atoms with van der Waals surface area (Å²) in [7, 11) is 0. The number of aromatic hydroxyl groups is 1. The lowest BCUT2D eigenvalue weighted by Crippen LogP contribution is -2.30. The van der Waals surface area contributed by atoms with Gasteiger partial charge >= 0.3 is 0 Å². The molecule has 19 heavy (non-hydrogen) atoms. The summed E-state index contributed by atoms with van der Waals surface area (Å²) in [6, 6.07) is 5.71. The van der Waals surface area contributed by atoms with Crippen LogP contribution in [0.1, 0.15) is 44.2 Å². The van der Waals surface area contributed by atoms with Crippen LogP contribution in [0.15, 0.2) is 18.2 Å². The number of hydrogen-bond acceptors (Lipinski definition) is 3. The molecule has 0 radical (unpaired) electrons. The molecule has 0 spiro atoms. The van der Waals surface area contributed by atoms with Crippen LogP contribution >= 0.6 is 0 Å². The predicted octanol–water partition coefficient (Wildman–Crippen LogP) is 3.24. The lowest BCUT2D eigenvalue weighted by Gasteiger charge is -2.27. The summed E-state index contributed by atoms with van der Waals surface area (Å²) in [5, 5.41) is 13.1. The summed E-state index contributed by atoms with van der Waals surface area (Å²) in [5.41, 5.74) is 1.18. The minimum absolute atomic E-state index is 0.278. The Kier molecular flexibility index (Phi) is 3.65. The van der Waals surface area contributed by atoms with Gasteiger partial charge in [-0.2, -0.15) is 0 Å². The fraction of sp³-hybridized carbons (Fsp3) is 0.625. The lowest BCUT2D eigenvalue weighted by atomic mass is 9.82. The molecule has 3 unspecified atom stereocenters. The van der Waals surface area contributed by atoms with Crippen LogP contribution < -0.4 is 10.1 Å². The van der Waals surface area contributed by atoms with Gasteiger partial charge in [0.25, 0.3) is 0 Å². The van der Waals surface area contributed by atoms with Crippen LogP contribution in [0.4, 0.5) is 0 Å². The molecule has 0 bridgehead atoms. The second-order valence-corrected chi connectivity index (χ2v) is 6.13. The zero-order chi connectivity index (χ0) is 13.2. The van der Waals surface area contributed by atoms with Crippen molar-refractivity contribution in [2.24, 2.45) is 11.8 Å². The van der Waals surface area contributed by atoms with Crippen molar-refractivity contribution in [3.63, 3.8) is 0 Å². The lowest BCUT2D eigenvalue weighted by molar-refractivity contribution is 0.253. The molecule has 104 valence electrons. The van der Waals surface area contributed by atoms with E-state index in [1.165, 1.54) is 31.2 Å². The van der Waals surface area contributed by atoms with Crippen molar-refractivity contribution >= 4 is 0 Å². The standard InChI is InChI=1S/C16H23NO2/c1-11-3-2-4-12(7-11)9-17-15-10-19-16-8-13(18)5-6-14(15)16/h5-6,8,11-12,15,17-18H,2-4,7,9-10H2,1H3. The number of nitrogens with one attached hydrogen (secondary N) is 1. The van der Waals surface area contributed by atoms with Crippen molar-refractivity contribution < 1.29 is 9.84 Å². The first kappa shape index (κ1) is 12.8. The molecule has 3 heteroatoms. The summed E-state index contributed by atoms with van der Waals surface area (Å²) >= 11 is 0. The average Bonchev–Trinajstić information content (AvgIpc) is 2.78. The van der Waals surface area contributed by atoms with Gasteiger partial charge in [0.1, 0.15) is 18.1 Å². The molecule has 1 aliphatic heterocycles. The molecular formula is C16H23NO2. The molecule has 0 saturated heterocycles. The highest BCUT2D eigenvalue weighted by atomic mass is 16.5. The minimum Gasteiger partial charge on any atom is -0.508 e. The maximum atomic E-state index is 9.45. The van der Waals surface area contributed by atoms with Gasteiger partial charge in [-0.1, -0.05) is 19.8 Å². The Bertz CT molecular complexity index is 446. The third kappa shape index (κ3) is 2.86. The SMILES string of the molecule is CC1CCCC(CNC2COc3cc(O)ccc32)C1. The Balaban J connectivity index is 1.57. The summed E-state index contributed by atoms with van der Waals surface area (Å²) in [6.07, 6.45) is 5.47. The molecular weight excluding hydrogens is 238 g/mol.